The summed E-state index contributed by atoms with van der Waals surface area (Å²) in [5.41, 5.74) is 1.51. The van der Waals surface area contributed by atoms with Gasteiger partial charge in [-0.05, 0) is 12.1 Å². The maximum absolute atomic E-state index is 5.74. The van der Waals surface area contributed by atoms with Crippen molar-refractivity contribution >= 4 is 28.6 Å². The van der Waals surface area contributed by atoms with E-state index in [4.69, 9.17) is 16.0 Å². The number of hydrogen-bond donors (Lipinski definition) is 1. The topological polar surface area (TPSA) is 68.8 Å². The Morgan fingerprint density at radius 2 is 2.26 bits per heavy atom. The molecular formula is C12H12ClN5O. The standard InChI is InChI=1S/C12H12ClN5O/c13-3-4-18-8-17-10-11(15-7-16-12(10)18)14-6-9-2-1-5-19-9/h1-2,5,7-8H,3-4,6H2,(H,14,15,16). The first kappa shape index (κ1) is 12.0. The van der Waals surface area contributed by atoms with Gasteiger partial charge in [-0.2, -0.15) is 0 Å². The molecule has 6 nitrogen and oxygen atoms in total. The number of nitrogens with zero attached hydrogens (tertiary/aromatic N) is 4. The van der Waals surface area contributed by atoms with Crippen LogP contribution in [0.4, 0.5) is 5.82 Å². The van der Waals surface area contributed by atoms with Crippen molar-refractivity contribution < 1.29 is 4.42 Å². The summed E-state index contributed by atoms with van der Waals surface area (Å²) in [5, 5.41) is 3.19. The summed E-state index contributed by atoms with van der Waals surface area (Å²) in [7, 11) is 0. The molecule has 0 amide bonds. The number of nitrogens with one attached hydrogen (secondary N) is 1. The molecule has 0 unspecified atom stereocenters. The number of fused-ring (bicyclic) bond motifs is 1. The Balaban J connectivity index is 1.87. The fourth-order valence-electron chi connectivity index (χ4n) is 1.85. The van der Waals surface area contributed by atoms with Crippen LogP contribution >= 0.6 is 11.6 Å². The zero-order valence-corrected chi connectivity index (χ0v) is 10.8. The van der Waals surface area contributed by atoms with Crippen molar-refractivity contribution in [3.8, 4) is 0 Å². The van der Waals surface area contributed by atoms with Crippen LogP contribution in [0.1, 0.15) is 5.76 Å². The first-order valence-electron chi connectivity index (χ1n) is 5.86. The number of anilines is 1. The fraction of sp³-hybridized carbons (Fsp3) is 0.250. The molecule has 0 saturated carbocycles. The van der Waals surface area contributed by atoms with Crippen LogP contribution in [0.15, 0.2) is 35.5 Å². The number of aryl methyl sites for hydroxylation is 1. The summed E-state index contributed by atoms with van der Waals surface area (Å²) in [5.74, 6) is 2.05. The molecule has 0 radical (unpaired) electrons. The highest BCUT2D eigenvalue weighted by Crippen LogP contribution is 2.18. The van der Waals surface area contributed by atoms with Crippen molar-refractivity contribution in [3.63, 3.8) is 0 Å². The molecule has 0 fully saturated rings. The largest absolute Gasteiger partial charge is 0.467 e. The van der Waals surface area contributed by atoms with E-state index in [1.807, 2.05) is 16.7 Å². The minimum absolute atomic E-state index is 0.518. The van der Waals surface area contributed by atoms with Crippen molar-refractivity contribution in [2.45, 2.75) is 13.1 Å². The van der Waals surface area contributed by atoms with Crippen LogP contribution in [0, 0.1) is 0 Å². The lowest BCUT2D eigenvalue weighted by atomic mass is 10.4. The van der Waals surface area contributed by atoms with E-state index in [2.05, 4.69) is 20.3 Å². The number of aromatic nitrogens is 4. The number of furan rings is 1. The second-order valence-electron chi connectivity index (χ2n) is 3.95. The molecule has 1 N–H and O–H groups in total. The molecule has 0 aliphatic heterocycles. The Bertz CT molecular complexity index is 664. The highest BCUT2D eigenvalue weighted by molar-refractivity contribution is 6.17. The van der Waals surface area contributed by atoms with Gasteiger partial charge in [-0.25, -0.2) is 15.0 Å². The number of halogens is 1. The molecule has 0 aromatic carbocycles. The molecule has 0 aliphatic rings. The van der Waals surface area contributed by atoms with Gasteiger partial charge in [0.2, 0.25) is 0 Å². The third kappa shape index (κ3) is 2.39. The number of rotatable bonds is 5. The molecule has 0 atom stereocenters. The molecule has 0 spiro atoms. The molecule has 19 heavy (non-hydrogen) atoms. The van der Waals surface area contributed by atoms with E-state index in [0.717, 1.165) is 16.9 Å². The number of hydrogen-bond acceptors (Lipinski definition) is 5. The molecule has 3 rings (SSSR count). The average Bonchev–Trinajstić information content (AvgIpc) is 3.07. The van der Waals surface area contributed by atoms with Crippen LogP contribution in [0.2, 0.25) is 0 Å². The summed E-state index contributed by atoms with van der Waals surface area (Å²) in [6, 6.07) is 3.75. The Hall–Kier alpha value is -2.08. The normalized spacial score (nSPS) is 11.0. The summed E-state index contributed by atoms with van der Waals surface area (Å²) in [6.45, 7) is 1.23. The van der Waals surface area contributed by atoms with Crippen molar-refractivity contribution in [2.75, 3.05) is 11.2 Å². The van der Waals surface area contributed by atoms with Crippen LogP contribution in [0.25, 0.3) is 11.2 Å². The Labute approximate surface area is 114 Å². The van der Waals surface area contributed by atoms with Crippen molar-refractivity contribution in [1.82, 2.24) is 19.5 Å². The second-order valence-corrected chi connectivity index (χ2v) is 4.33. The van der Waals surface area contributed by atoms with Gasteiger partial charge < -0.3 is 14.3 Å². The third-order valence-electron chi connectivity index (χ3n) is 2.74. The first-order valence-corrected chi connectivity index (χ1v) is 6.40. The van der Waals surface area contributed by atoms with Gasteiger partial charge in [0.05, 0.1) is 19.1 Å². The molecule has 98 valence electrons. The summed E-state index contributed by atoms with van der Waals surface area (Å²) in [6.07, 6.45) is 4.88. The molecule has 0 bridgehead atoms. The minimum atomic E-state index is 0.518. The number of alkyl halides is 1. The molecule has 7 heteroatoms. The maximum atomic E-state index is 5.74. The van der Waals surface area contributed by atoms with Gasteiger partial charge in [0, 0.05) is 12.4 Å². The lowest BCUT2D eigenvalue weighted by molar-refractivity contribution is 0.518. The van der Waals surface area contributed by atoms with E-state index < -0.39 is 0 Å². The van der Waals surface area contributed by atoms with E-state index in [9.17, 15) is 0 Å². The van der Waals surface area contributed by atoms with E-state index in [1.165, 1.54) is 6.33 Å². The SMILES string of the molecule is ClCCn1cnc2c(NCc3ccco3)ncnc21. The van der Waals surface area contributed by atoms with E-state index in [1.54, 1.807) is 12.6 Å². The zero-order valence-electron chi connectivity index (χ0n) is 10.1. The second kappa shape index (κ2) is 5.27. The monoisotopic (exact) mass is 277 g/mol. The van der Waals surface area contributed by atoms with Gasteiger partial charge >= 0.3 is 0 Å². The Kier molecular flexibility index (Phi) is 3.33. The maximum Gasteiger partial charge on any atom is 0.165 e. The van der Waals surface area contributed by atoms with Crippen LogP contribution in [-0.2, 0) is 13.1 Å². The lowest BCUT2D eigenvalue weighted by Gasteiger charge is -2.04. The summed E-state index contributed by atoms with van der Waals surface area (Å²) < 4.78 is 7.17. The van der Waals surface area contributed by atoms with Gasteiger partial charge in [0.15, 0.2) is 11.5 Å². The molecule has 3 heterocycles. The van der Waals surface area contributed by atoms with E-state index >= 15 is 0 Å². The van der Waals surface area contributed by atoms with Crippen LogP contribution in [-0.4, -0.2) is 25.4 Å². The average molecular weight is 278 g/mol. The molecule has 3 aromatic heterocycles. The number of imidazole rings is 1. The van der Waals surface area contributed by atoms with Crippen molar-refractivity contribution in [3.05, 3.63) is 36.8 Å². The van der Waals surface area contributed by atoms with E-state index in [-0.39, 0.29) is 0 Å². The summed E-state index contributed by atoms with van der Waals surface area (Å²) in [4.78, 5) is 12.8. The highest BCUT2D eigenvalue weighted by atomic mass is 35.5. The highest BCUT2D eigenvalue weighted by Gasteiger charge is 2.09. The molecule has 0 aliphatic carbocycles. The first-order chi connectivity index (χ1) is 9.38. The lowest BCUT2D eigenvalue weighted by Crippen LogP contribution is -2.03. The van der Waals surface area contributed by atoms with Gasteiger partial charge in [-0.3, -0.25) is 0 Å². The summed E-state index contributed by atoms with van der Waals surface area (Å²) >= 11 is 5.74. The quantitative estimate of drug-likeness (QED) is 0.725. The van der Waals surface area contributed by atoms with Gasteiger partial charge in [0.25, 0.3) is 0 Å². The molecule has 0 saturated heterocycles. The van der Waals surface area contributed by atoms with Crippen molar-refractivity contribution in [1.29, 1.82) is 0 Å². The zero-order chi connectivity index (χ0) is 13.1. The van der Waals surface area contributed by atoms with Crippen LogP contribution in [0.3, 0.4) is 0 Å². The predicted octanol–water partition coefficient (Wildman–Crippen LogP) is 2.27. The van der Waals surface area contributed by atoms with E-state index in [0.29, 0.717) is 24.8 Å². The van der Waals surface area contributed by atoms with Gasteiger partial charge in [0.1, 0.15) is 17.6 Å². The van der Waals surface area contributed by atoms with Gasteiger partial charge in [-0.15, -0.1) is 11.6 Å². The Morgan fingerprint density at radius 3 is 3.05 bits per heavy atom. The van der Waals surface area contributed by atoms with Gasteiger partial charge in [-0.1, -0.05) is 0 Å². The smallest absolute Gasteiger partial charge is 0.165 e. The van der Waals surface area contributed by atoms with Crippen molar-refractivity contribution in [2.24, 2.45) is 0 Å². The van der Waals surface area contributed by atoms with Crippen LogP contribution < -0.4 is 5.32 Å². The third-order valence-corrected chi connectivity index (χ3v) is 2.91. The molecular weight excluding hydrogens is 266 g/mol. The van der Waals surface area contributed by atoms with Crippen LogP contribution in [0.5, 0.6) is 0 Å². The minimum Gasteiger partial charge on any atom is -0.467 e. The predicted molar refractivity (Wildman–Crippen MR) is 72.1 cm³/mol. The Morgan fingerprint density at radius 1 is 1.32 bits per heavy atom. The molecule has 3 aromatic rings. The fourth-order valence-corrected chi connectivity index (χ4v) is 2.03.